The summed E-state index contributed by atoms with van der Waals surface area (Å²) >= 11 is 1.09. The first-order valence-corrected chi connectivity index (χ1v) is 4.70. The predicted octanol–water partition coefficient (Wildman–Crippen LogP) is 1.10. The highest BCUT2D eigenvalue weighted by molar-refractivity contribution is 8.00. The number of rotatable bonds is 5. The molecule has 0 aliphatic rings. The number of esters is 1. The van der Waals surface area contributed by atoms with Crippen LogP contribution in [0.1, 0.15) is 20.3 Å². The first-order valence-electron chi connectivity index (χ1n) is 3.65. The van der Waals surface area contributed by atoms with Crippen LogP contribution in [0.15, 0.2) is 0 Å². The fraction of sp³-hybridized carbons (Fsp3) is 0.714. The third-order valence-corrected chi connectivity index (χ3v) is 1.98. The van der Waals surface area contributed by atoms with Crippen molar-refractivity contribution in [3.63, 3.8) is 0 Å². The Morgan fingerprint density at radius 2 is 2.08 bits per heavy atom. The van der Waals surface area contributed by atoms with Gasteiger partial charge in [-0.25, -0.2) is 4.79 Å². The number of hydrogen-bond acceptors (Lipinski definition) is 4. The molecule has 0 fully saturated rings. The van der Waals surface area contributed by atoms with Crippen LogP contribution in [-0.2, 0) is 14.3 Å². The average Bonchev–Trinajstić information content (AvgIpc) is 2.03. The van der Waals surface area contributed by atoms with E-state index < -0.39 is 17.4 Å². The lowest BCUT2D eigenvalue weighted by molar-refractivity contribution is -0.157. The van der Waals surface area contributed by atoms with Gasteiger partial charge in [0.25, 0.3) is 0 Å². The molecule has 0 radical (unpaired) electrons. The molecule has 1 N–H and O–H groups in total. The van der Waals surface area contributed by atoms with Crippen molar-refractivity contribution in [3.05, 3.63) is 0 Å². The number of ether oxygens (including phenoxy) is 1. The zero-order valence-corrected chi connectivity index (χ0v) is 7.89. The summed E-state index contributed by atoms with van der Waals surface area (Å²) in [6.45, 7) is 3.43. The Labute approximate surface area is 75.3 Å². The van der Waals surface area contributed by atoms with Crippen molar-refractivity contribution in [2.45, 2.75) is 25.7 Å². The maximum Gasteiger partial charge on any atom is 0.355 e. The van der Waals surface area contributed by atoms with Gasteiger partial charge in [-0.1, -0.05) is 13.8 Å². The second-order valence-electron chi connectivity index (χ2n) is 1.97. The monoisotopic (exact) mass is 192 g/mol. The molecule has 5 heteroatoms. The van der Waals surface area contributed by atoms with Crippen molar-refractivity contribution in [3.8, 4) is 0 Å². The van der Waals surface area contributed by atoms with E-state index >= 15 is 0 Å². The van der Waals surface area contributed by atoms with Gasteiger partial charge >= 0.3 is 11.9 Å². The van der Waals surface area contributed by atoms with Crippen molar-refractivity contribution in [2.24, 2.45) is 0 Å². The number of carbonyl (C=O) groups is 2. The Morgan fingerprint density at radius 1 is 1.50 bits per heavy atom. The van der Waals surface area contributed by atoms with Crippen LogP contribution in [0.4, 0.5) is 0 Å². The standard InChI is InChI=1S/C7H12O4S/c1-3-5(8)11-7(6(9)10)12-4-2/h7H,3-4H2,1-2H3,(H,9,10). The Hall–Kier alpha value is -0.710. The Morgan fingerprint density at radius 3 is 2.42 bits per heavy atom. The number of thioether (sulfide) groups is 1. The van der Waals surface area contributed by atoms with Gasteiger partial charge in [-0.05, 0) is 5.75 Å². The van der Waals surface area contributed by atoms with E-state index in [0.29, 0.717) is 5.75 Å². The quantitative estimate of drug-likeness (QED) is 0.522. The van der Waals surface area contributed by atoms with E-state index in [0.717, 1.165) is 11.8 Å². The minimum Gasteiger partial charge on any atom is -0.478 e. The summed E-state index contributed by atoms with van der Waals surface area (Å²) in [4.78, 5) is 21.1. The molecule has 70 valence electrons. The van der Waals surface area contributed by atoms with E-state index in [9.17, 15) is 9.59 Å². The first kappa shape index (κ1) is 11.3. The molecule has 1 unspecified atom stereocenters. The first-order chi connectivity index (χ1) is 5.61. The zero-order valence-electron chi connectivity index (χ0n) is 7.07. The van der Waals surface area contributed by atoms with E-state index in [1.54, 1.807) is 13.8 Å². The topological polar surface area (TPSA) is 63.6 Å². The van der Waals surface area contributed by atoms with Gasteiger partial charge in [0.2, 0.25) is 5.44 Å². The molecule has 0 spiro atoms. The van der Waals surface area contributed by atoms with Crippen LogP contribution in [0.5, 0.6) is 0 Å². The second kappa shape index (κ2) is 5.88. The van der Waals surface area contributed by atoms with Gasteiger partial charge in [0.15, 0.2) is 0 Å². The molecule has 0 aromatic carbocycles. The lowest BCUT2D eigenvalue weighted by Gasteiger charge is -2.10. The summed E-state index contributed by atoms with van der Waals surface area (Å²) in [6.07, 6.45) is 0.202. The van der Waals surface area contributed by atoms with Gasteiger partial charge in [0.1, 0.15) is 0 Å². The molecular formula is C7H12O4S. The van der Waals surface area contributed by atoms with Crippen LogP contribution in [-0.4, -0.2) is 28.2 Å². The fourth-order valence-corrected chi connectivity index (χ4v) is 1.13. The Kier molecular flexibility index (Phi) is 5.53. The lowest BCUT2D eigenvalue weighted by Crippen LogP contribution is -2.23. The normalized spacial score (nSPS) is 12.2. The van der Waals surface area contributed by atoms with Crippen molar-refractivity contribution >= 4 is 23.7 Å². The van der Waals surface area contributed by atoms with Gasteiger partial charge in [-0.2, -0.15) is 0 Å². The van der Waals surface area contributed by atoms with Gasteiger partial charge in [-0.15, -0.1) is 11.8 Å². The van der Waals surface area contributed by atoms with Crippen molar-refractivity contribution in [1.82, 2.24) is 0 Å². The van der Waals surface area contributed by atoms with Gasteiger partial charge < -0.3 is 9.84 Å². The third-order valence-electron chi connectivity index (χ3n) is 1.05. The van der Waals surface area contributed by atoms with Crippen LogP contribution < -0.4 is 0 Å². The molecule has 0 rings (SSSR count). The molecule has 0 aromatic rings. The smallest absolute Gasteiger partial charge is 0.355 e. The summed E-state index contributed by atoms with van der Waals surface area (Å²) in [5, 5.41) is 8.55. The maximum atomic E-state index is 10.7. The molecule has 0 aliphatic carbocycles. The zero-order chi connectivity index (χ0) is 9.56. The number of aliphatic carboxylic acids is 1. The number of carbonyl (C=O) groups excluding carboxylic acids is 1. The number of hydrogen-bond donors (Lipinski definition) is 1. The summed E-state index contributed by atoms with van der Waals surface area (Å²) in [5.74, 6) is -0.986. The molecular weight excluding hydrogens is 180 g/mol. The molecule has 4 nitrogen and oxygen atoms in total. The number of carboxylic acids is 1. The van der Waals surface area contributed by atoms with E-state index in [1.807, 2.05) is 0 Å². The molecule has 0 saturated heterocycles. The van der Waals surface area contributed by atoms with Crippen LogP contribution in [0.3, 0.4) is 0 Å². The largest absolute Gasteiger partial charge is 0.478 e. The van der Waals surface area contributed by atoms with E-state index in [4.69, 9.17) is 5.11 Å². The van der Waals surface area contributed by atoms with Gasteiger partial charge in [0, 0.05) is 6.42 Å². The number of carboxylic acid groups (broad SMARTS) is 1. The summed E-state index contributed by atoms with van der Waals surface area (Å²) < 4.78 is 4.63. The highest BCUT2D eigenvalue weighted by atomic mass is 32.2. The van der Waals surface area contributed by atoms with Crippen LogP contribution in [0, 0.1) is 0 Å². The highest BCUT2D eigenvalue weighted by Crippen LogP contribution is 2.12. The maximum absolute atomic E-state index is 10.7. The van der Waals surface area contributed by atoms with E-state index in [2.05, 4.69) is 4.74 Å². The molecule has 12 heavy (non-hydrogen) atoms. The SMILES string of the molecule is CCSC(OC(=O)CC)C(=O)O. The minimum absolute atomic E-state index is 0.202. The van der Waals surface area contributed by atoms with Crippen LogP contribution in [0.2, 0.25) is 0 Å². The summed E-state index contributed by atoms with van der Waals surface area (Å²) in [5.41, 5.74) is -1.05. The molecule has 0 aromatic heterocycles. The minimum atomic E-state index is -1.11. The van der Waals surface area contributed by atoms with E-state index in [1.165, 1.54) is 0 Å². The second-order valence-corrected chi connectivity index (χ2v) is 3.31. The Balaban J connectivity index is 3.95. The molecule has 0 heterocycles. The molecule has 0 saturated carbocycles. The summed E-state index contributed by atoms with van der Waals surface area (Å²) in [7, 11) is 0. The Bertz CT molecular complexity index is 167. The molecule has 0 bridgehead atoms. The third kappa shape index (κ3) is 4.23. The molecule has 0 amide bonds. The molecule has 0 aliphatic heterocycles. The summed E-state index contributed by atoms with van der Waals surface area (Å²) in [6, 6.07) is 0. The average molecular weight is 192 g/mol. The fourth-order valence-electron chi connectivity index (χ4n) is 0.510. The lowest BCUT2D eigenvalue weighted by atomic mass is 10.5. The van der Waals surface area contributed by atoms with E-state index in [-0.39, 0.29) is 6.42 Å². The molecule has 1 atom stereocenters. The predicted molar refractivity (Wildman–Crippen MR) is 45.9 cm³/mol. The van der Waals surface area contributed by atoms with Gasteiger partial charge in [-0.3, -0.25) is 4.79 Å². The highest BCUT2D eigenvalue weighted by Gasteiger charge is 2.20. The van der Waals surface area contributed by atoms with Crippen LogP contribution in [0.25, 0.3) is 0 Å². The van der Waals surface area contributed by atoms with Crippen molar-refractivity contribution in [2.75, 3.05) is 5.75 Å². The van der Waals surface area contributed by atoms with Crippen LogP contribution >= 0.6 is 11.8 Å². The van der Waals surface area contributed by atoms with Crippen molar-refractivity contribution < 1.29 is 19.4 Å². The van der Waals surface area contributed by atoms with Gasteiger partial charge in [0.05, 0.1) is 0 Å². The van der Waals surface area contributed by atoms with Crippen molar-refractivity contribution in [1.29, 1.82) is 0 Å².